The Hall–Kier alpha value is -4.19. The summed E-state index contributed by atoms with van der Waals surface area (Å²) >= 11 is 0. The second-order valence-electron chi connectivity index (χ2n) is 10.3. The molecule has 0 radical (unpaired) electrons. The van der Waals surface area contributed by atoms with E-state index in [9.17, 15) is 14.4 Å². The Morgan fingerprint density at radius 2 is 1.26 bits per heavy atom. The van der Waals surface area contributed by atoms with Crippen LogP contribution in [0, 0.1) is 0 Å². The average Bonchev–Trinajstić information content (AvgIpc) is 3.33. The molecule has 0 saturated carbocycles. The number of rotatable bonds is 20. The van der Waals surface area contributed by atoms with Gasteiger partial charge in [0.25, 0.3) is 5.91 Å². The third-order valence-electron chi connectivity index (χ3n) is 6.69. The molecule has 0 aromatic heterocycles. The molecule has 1 aromatic rings. The first kappa shape index (κ1) is 35.0. The molecule has 230 valence electrons. The zero-order chi connectivity index (χ0) is 31.0. The maximum Gasteiger partial charge on any atom is 0.286 e. The largest absolute Gasteiger partial charge is 0.469 e. The van der Waals surface area contributed by atoms with E-state index in [1.54, 1.807) is 19.1 Å². The molecule has 1 unspecified atom stereocenters. The number of ketones is 1. The Kier molecular flexibility index (Phi) is 17.5. The predicted octanol–water partition coefficient (Wildman–Crippen LogP) is 7.49. The summed E-state index contributed by atoms with van der Waals surface area (Å²) in [5.74, 6) is -0.700. The van der Waals surface area contributed by atoms with Crippen LogP contribution < -0.4 is 10.6 Å². The lowest BCUT2D eigenvalue weighted by molar-refractivity contribution is -0.132. The predicted molar refractivity (Wildman–Crippen MR) is 176 cm³/mol. The van der Waals surface area contributed by atoms with Gasteiger partial charge in [-0.1, -0.05) is 110 Å². The Labute approximate surface area is 258 Å². The summed E-state index contributed by atoms with van der Waals surface area (Å²) in [6.07, 6.45) is 34.7. The van der Waals surface area contributed by atoms with Crippen molar-refractivity contribution in [2.75, 3.05) is 13.1 Å². The van der Waals surface area contributed by atoms with Gasteiger partial charge in [-0.05, 0) is 58.3 Å². The van der Waals surface area contributed by atoms with Crippen molar-refractivity contribution in [3.05, 3.63) is 121 Å². The van der Waals surface area contributed by atoms with Crippen LogP contribution in [0.1, 0.15) is 77.2 Å². The number of hydrogen-bond acceptors (Lipinski definition) is 4. The van der Waals surface area contributed by atoms with Crippen molar-refractivity contribution in [3.8, 4) is 0 Å². The molecule has 1 aliphatic heterocycles. The van der Waals surface area contributed by atoms with E-state index in [0.29, 0.717) is 37.9 Å². The Balaban J connectivity index is 1.45. The molecule has 43 heavy (non-hydrogen) atoms. The monoisotopic (exact) mass is 584 g/mol. The first-order valence-corrected chi connectivity index (χ1v) is 15.4. The van der Waals surface area contributed by atoms with E-state index >= 15 is 0 Å². The number of ether oxygens (including phenoxy) is 1. The second-order valence-corrected chi connectivity index (χ2v) is 10.3. The molecule has 2 amide bonds. The minimum atomic E-state index is -1.19. The highest BCUT2D eigenvalue weighted by Gasteiger charge is 2.43. The van der Waals surface area contributed by atoms with E-state index in [4.69, 9.17) is 4.74 Å². The molecule has 0 saturated heterocycles. The van der Waals surface area contributed by atoms with Crippen LogP contribution in [0.2, 0.25) is 0 Å². The number of hydrogen-bond donors (Lipinski definition) is 2. The molecule has 1 aliphatic rings. The Morgan fingerprint density at radius 1 is 0.744 bits per heavy atom. The summed E-state index contributed by atoms with van der Waals surface area (Å²) < 4.78 is 5.74. The summed E-state index contributed by atoms with van der Waals surface area (Å²) in [4.78, 5) is 37.0. The van der Waals surface area contributed by atoms with E-state index in [0.717, 1.165) is 38.5 Å². The smallest absolute Gasteiger partial charge is 0.286 e. The summed E-state index contributed by atoms with van der Waals surface area (Å²) in [6, 6.07) is 9.12. The van der Waals surface area contributed by atoms with Gasteiger partial charge in [0.2, 0.25) is 11.7 Å². The van der Waals surface area contributed by atoms with Crippen molar-refractivity contribution in [2.24, 2.45) is 0 Å². The number of carbonyl (C=O) groups is 3. The van der Waals surface area contributed by atoms with Crippen LogP contribution >= 0.6 is 0 Å². The van der Waals surface area contributed by atoms with Crippen molar-refractivity contribution >= 4 is 17.6 Å². The molecule has 0 bridgehead atoms. The molecule has 1 heterocycles. The number of amides is 2. The lowest BCUT2D eigenvalue weighted by Crippen LogP contribution is -2.33. The van der Waals surface area contributed by atoms with E-state index < -0.39 is 11.5 Å². The quantitative estimate of drug-likeness (QED) is 0.123. The van der Waals surface area contributed by atoms with Crippen LogP contribution in [-0.4, -0.2) is 30.7 Å². The molecule has 0 spiro atoms. The van der Waals surface area contributed by atoms with Gasteiger partial charge in [0, 0.05) is 31.1 Å². The van der Waals surface area contributed by atoms with Gasteiger partial charge in [0.15, 0.2) is 11.4 Å². The second kappa shape index (κ2) is 21.5. The van der Waals surface area contributed by atoms with Crippen LogP contribution in [0.5, 0.6) is 0 Å². The standard InChI is InChI=1S/C37H48N2O4/c1-3-4-5-6-7-8-9-10-11-12-13-14-15-16-17-18-19-20-24-28-35(41)38-29-25-30-39-36(42)33-31-34(40)37(2,43-33)32-26-22-21-23-27-32/h4-5,7-8,10-11,13-14,16-17,19-23,26-27,31H,3,6,9,12,15,18,24-25,28-30H2,1-2H3,(H,38,41)(H,39,42). The maximum absolute atomic E-state index is 12.5. The molecule has 1 atom stereocenters. The Morgan fingerprint density at radius 3 is 1.81 bits per heavy atom. The van der Waals surface area contributed by atoms with Gasteiger partial charge >= 0.3 is 0 Å². The molecular weight excluding hydrogens is 536 g/mol. The maximum atomic E-state index is 12.5. The molecule has 6 heteroatoms. The normalized spacial score (nSPS) is 17.3. The highest BCUT2D eigenvalue weighted by molar-refractivity contribution is 6.07. The zero-order valence-corrected chi connectivity index (χ0v) is 25.8. The van der Waals surface area contributed by atoms with Crippen molar-refractivity contribution in [3.63, 3.8) is 0 Å². The molecule has 2 rings (SSSR count). The summed E-state index contributed by atoms with van der Waals surface area (Å²) in [6.45, 7) is 4.64. The molecule has 0 fully saturated rings. The highest BCUT2D eigenvalue weighted by Crippen LogP contribution is 2.34. The molecule has 1 aromatic carbocycles. The highest BCUT2D eigenvalue weighted by atomic mass is 16.5. The number of carbonyl (C=O) groups excluding carboxylic acids is 3. The first-order valence-electron chi connectivity index (χ1n) is 15.4. The summed E-state index contributed by atoms with van der Waals surface area (Å²) in [7, 11) is 0. The van der Waals surface area contributed by atoms with E-state index in [2.05, 4.69) is 84.4 Å². The van der Waals surface area contributed by atoms with Crippen LogP contribution in [0.15, 0.2) is 115 Å². The SMILES string of the molecule is CCC=CCC=CCC=CCC=CCC=CCC=CCCC(=O)NCCCNC(=O)C1=CC(=O)C(C)(c2ccccc2)O1. The molecule has 0 aliphatic carbocycles. The van der Waals surface area contributed by atoms with Crippen LogP contribution in [0.25, 0.3) is 0 Å². The van der Waals surface area contributed by atoms with Gasteiger partial charge in [-0.25, -0.2) is 0 Å². The Bertz CT molecular complexity index is 1200. The lowest BCUT2D eigenvalue weighted by Gasteiger charge is -2.23. The van der Waals surface area contributed by atoms with Crippen molar-refractivity contribution in [2.45, 2.75) is 77.2 Å². The molecular formula is C37H48N2O4. The van der Waals surface area contributed by atoms with E-state index in [1.807, 2.05) is 24.3 Å². The lowest BCUT2D eigenvalue weighted by atomic mass is 9.92. The molecule has 2 N–H and O–H groups in total. The van der Waals surface area contributed by atoms with Gasteiger partial charge in [-0.3, -0.25) is 14.4 Å². The van der Waals surface area contributed by atoms with Gasteiger partial charge in [-0.15, -0.1) is 0 Å². The number of allylic oxidation sites excluding steroid dienone is 12. The van der Waals surface area contributed by atoms with Crippen LogP contribution in [-0.2, 0) is 24.7 Å². The summed E-state index contributed by atoms with van der Waals surface area (Å²) in [5.41, 5.74) is -0.490. The zero-order valence-electron chi connectivity index (χ0n) is 25.8. The van der Waals surface area contributed by atoms with Crippen molar-refractivity contribution < 1.29 is 19.1 Å². The van der Waals surface area contributed by atoms with Crippen molar-refractivity contribution in [1.29, 1.82) is 0 Å². The average molecular weight is 585 g/mol. The van der Waals surface area contributed by atoms with Crippen molar-refractivity contribution in [1.82, 2.24) is 10.6 Å². The minimum Gasteiger partial charge on any atom is -0.469 e. The fourth-order valence-corrected chi connectivity index (χ4v) is 4.17. The van der Waals surface area contributed by atoms with E-state index in [-0.39, 0.29) is 17.4 Å². The van der Waals surface area contributed by atoms with Gasteiger partial charge < -0.3 is 15.4 Å². The fourth-order valence-electron chi connectivity index (χ4n) is 4.17. The van der Waals surface area contributed by atoms with Gasteiger partial charge in [0.1, 0.15) is 0 Å². The van der Waals surface area contributed by atoms with E-state index in [1.165, 1.54) is 6.08 Å². The van der Waals surface area contributed by atoms with Crippen LogP contribution in [0.4, 0.5) is 0 Å². The third-order valence-corrected chi connectivity index (χ3v) is 6.69. The van der Waals surface area contributed by atoms with Crippen LogP contribution in [0.3, 0.4) is 0 Å². The first-order chi connectivity index (χ1) is 21.0. The fraction of sp³-hybridized carbons (Fsp3) is 0.378. The summed E-state index contributed by atoms with van der Waals surface area (Å²) in [5, 5.41) is 5.62. The van der Waals surface area contributed by atoms with Gasteiger partial charge in [-0.2, -0.15) is 0 Å². The topological polar surface area (TPSA) is 84.5 Å². The molecule has 6 nitrogen and oxygen atoms in total. The van der Waals surface area contributed by atoms with Gasteiger partial charge in [0.05, 0.1) is 0 Å². The number of nitrogens with one attached hydrogen (secondary N) is 2. The minimum absolute atomic E-state index is 0.0109. The number of benzene rings is 1. The third kappa shape index (κ3) is 14.5.